The average Bonchev–Trinajstić information content (AvgIpc) is 3.34. The predicted molar refractivity (Wildman–Crippen MR) is 119 cm³/mol. The van der Waals surface area contributed by atoms with Crippen LogP contribution in [-0.4, -0.2) is 49.7 Å². The van der Waals surface area contributed by atoms with Gasteiger partial charge in [-0.2, -0.15) is 5.10 Å². The summed E-state index contributed by atoms with van der Waals surface area (Å²) in [5.74, 6) is -0.132. The molecule has 1 aliphatic heterocycles. The average molecular weight is 431 g/mol. The second-order valence-electron chi connectivity index (χ2n) is 7.85. The van der Waals surface area contributed by atoms with Crippen molar-refractivity contribution in [1.82, 2.24) is 24.6 Å². The highest BCUT2D eigenvalue weighted by atomic mass is 19.1. The Labute approximate surface area is 183 Å². The molecule has 0 saturated carbocycles. The first-order valence-corrected chi connectivity index (χ1v) is 10.4. The van der Waals surface area contributed by atoms with Crippen LogP contribution >= 0.6 is 0 Å². The van der Waals surface area contributed by atoms with Gasteiger partial charge in [0.2, 0.25) is 0 Å². The number of carbonyl (C=O) groups excluding carboxylic acids is 1. The van der Waals surface area contributed by atoms with Gasteiger partial charge < -0.3 is 16.0 Å². The summed E-state index contributed by atoms with van der Waals surface area (Å²) in [6.07, 6.45) is 6.84. The van der Waals surface area contributed by atoms with Gasteiger partial charge >= 0.3 is 0 Å². The van der Waals surface area contributed by atoms with Gasteiger partial charge in [-0.1, -0.05) is 0 Å². The number of anilines is 2. The summed E-state index contributed by atoms with van der Waals surface area (Å²) in [7, 11) is 0. The van der Waals surface area contributed by atoms with Crippen LogP contribution in [0.1, 0.15) is 23.3 Å². The molecule has 5 rings (SSSR count). The van der Waals surface area contributed by atoms with E-state index in [-0.39, 0.29) is 17.6 Å². The number of likely N-dealkylation sites (tertiary alicyclic amines) is 1. The minimum atomic E-state index is -0.432. The highest BCUT2D eigenvalue weighted by molar-refractivity contribution is 5.95. The molecule has 0 bridgehead atoms. The number of carbonyl (C=O) groups is 1. The zero-order valence-corrected chi connectivity index (χ0v) is 17.3. The van der Waals surface area contributed by atoms with Gasteiger partial charge in [-0.15, -0.1) is 0 Å². The van der Waals surface area contributed by atoms with Crippen LogP contribution in [0.5, 0.6) is 0 Å². The number of halogens is 1. The number of hydrogen-bond donors (Lipinski definition) is 2. The maximum atomic E-state index is 14.6. The van der Waals surface area contributed by atoms with Crippen LogP contribution < -0.4 is 11.1 Å². The molecule has 0 aliphatic carbocycles. The van der Waals surface area contributed by atoms with Crippen LogP contribution in [0.4, 0.5) is 15.9 Å². The number of nitrogens with one attached hydrogen (secondary N) is 1. The first kappa shape index (κ1) is 20.1. The Hall–Kier alpha value is -3.85. The molecule has 32 heavy (non-hydrogen) atoms. The second kappa shape index (κ2) is 8.35. The Morgan fingerprint density at radius 1 is 1.22 bits per heavy atom. The van der Waals surface area contributed by atoms with E-state index in [4.69, 9.17) is 5.73 Å². The summed E-state index contributed by atoms with van der Waals surface area (Å²) in [4.78, 5) is 23.5. The molecule has 4 aromatic rings. The molecule has 3 aromatic heterocycles. The summed E-state index contributed by atoms with van der Waals surface area (Å²) in [6.45, 7) is 1.22. The van der Waals surface area contributed by atoms with Gasteiger partial charge in [-0.3, -0.25) is 4.79 Å². The second-order valence-corrected chi connectivity index (χ2v) is 7.85. The molecule has 1 saturated heterocycles. The number of pyridine rings is 2. The highest BCUT2D eigenvalue weighted by Gasteiger charge is 2.23. The summed E-state index contributed by atoms with van der Waals surface area (Å²) < 4.78 is 16.2. The number of nitrogens with two attached hydrogens (primary N) is 1. The van der Waals surface area contributed by atoms with E-state index in [1.54, 1.807) is 58.5 Å². The lowest BCUT2D eigenvalue weighted by Crippen LogP contribution is -2.45. The number of fused-ring (bicyclic) bond motifs is 1. The maximum Gasteiger partial charge on any atom is 0.272 e. The lowest BCUT2D eigenvalue weighted by molar-refractivity contribution is 0.0703. The topological polar surface area (TPSA) is 102 Å². The van der Waals surface area contributed by atoms with Crippen LogP contribution in [0.3, 0.4) is 0 Å². The van der Waals surface area contributed by atoms with Crippen LogP contribution in [0, 0.1) is 5.82 Å². The third-order valence-corrected chi connectivity index (χ3v) is 5.52. The number of benzene rings is 1. The molecule has 1 atom stereocenters. The minimum absolute atomic E-state index is 0.00254. The fourth-order valence-corrected chi connectivity index (χ4v) is 3.87. The van der Waals surface area contributed by atoms with Crippen molar-refractivity contribution in [3.8, 4) is 5.69 Å². The fraction of sp³-hybridized carbons (Fsp3) is 0.217. The van der Waals surface area contributed by atoms with Crippen LogP contribution in [0.25, 0.3) is 16.6 Å². The van der Waals surface area contributed by atoms with Crippen molar-refractivity contribution >= 4 is 28.3 Å². The van der Waals surface area contributed by atoms with Crippen molar-refractivity contribution in [2.24, 2.45) is 5.73 Å². The third-order valence-electron chi connectivity index (χ3n) is 5.52. The van der Waals surface area contributed by atoms with Gasteiger partial charge in [-0.25, -0.2) is 19.0 Å². The van der Waals surface area contributed by atoms with Crippen LogP contribution in [0.2, 0.25) is 0 Å². The van der Waals surface area contributed by atoms with Gasteiger partial charge in [-0.05, 0) is 43.2 Å². The zero-order valence-electron chi connectivity index (χ0n) is 17.3. The van der Waals surface area contributed by atoms with Crippen molar-refractivity contribution in [2.45, 2.75) is 18.9 Å². The van der Waals surface area contributed by atoms with Gasteiger partial charge in [0.25, 0.3) is 5.91 Å². The molecular formula is C23H22FN7O. The lowest BCUT2D eigenvalue weighted by Gasteiger charge is -2.30. The molecule has 0 radical (unpaired) electrons. The molecule has 4 heterocycles. The van der Waals surface area contributed by atoms with Crippen molar-refractivity contribution in [3.63, 3.8) is 0 Å². The van der Waals surface area contributed by atoms with E-state index in [1.165, 1.54) is 6.07 Å². The van der Waals surface area contributed by atoms with Gasteiger partial charge in [0, 0.05) is 55.2 Å². The number of hydrogen-bond acceptors (Lipinski definition) is 6. The monoisotopic (exact) mass is 431 g/mol. The number of aromatic nitrogens is 4. The van der Waals surface area contributed by atoms with E-state index >= 15 is 0 Å². The van der Waals surface area contributed by atoms with E-state index in [9.17, 15) is 9.18 Å². The van der Waals surface area contributed by atoms with Gasteiger partial charge in [0.15, 0.2) is 0 Å². The highest BCUT2D eigenvalue weighted by Crippen LogP contribution is 2.24. The van der Waals surface area contributed by atoms with Crippen molar-refractivity contribution in [2.75, 3.05) is 18.4 Å². The van der Waals surface area contributed by atoms with Crippen LogP contribution in [0.15, 0.2) is 61.1 Å². The molecule has 1 fully saturated rings. The van der Waals surface area contributed by atoms with Gasteiger partial charge in [0.1, 0.15) is 17.3 Å². The standard InChI is InChI=1S/C23H22FN7O/c24-18-11-17(31-10-2-8-27-31)5-7-19(18)29-22-12-21-15(13-26-22)4-6-20(28-21)23(32)30-9-1-3-16(25)14-30/h2,4-8,10-13,16H,1,3,9,14,25H2,(H,26,29). The third kappa shape index (κ3) is 4.02. The van der Waals surface area contributed by atoms with E-state index in [2.05, 4.69) is 20.4 Å². The van der Waals surface area contributed by atoms with E-state index < -0.39 is 5.82 Å². The van der Waals surface area contributed by atoms with Crippen molar-refractivity contribution in [3.05, 3.63) is 72.6 Å². The molecule has 162 valence electrons. The van der Waals surface area contributed by atoms with Gasteiger partial charge in [0.05, 0.1) is 16.9 Å². The molecule has 9 heteroatoms. The SMILES string of the molecule is NC1CCCN(C(=O)c2ccc3cnc(Nc4ccc(-n5cccn5)cc4F)cc3n2)C1. The Morgan fingerprint density at radius 3 is 2.91 bits per heavy atom. The first-order valence-electron chi connectivity index (χ1n) is 10.4. The Kier molecular flexibility index (Phi) is 5.24. The fourth-order valence-electron chi connectivity index (χ4n) is 3.87. The number of amides is 1. The van der Waals surface area contributed by atoms with Crippen molar-refractivity contribution < 1.29 is 9.18 Å². The quantitative estimate of drug-likeness (QED) is 0.514. The molecule has 3 N–H and O–H groups in total. The first-order chi connectivity index (χ1) is 15.6. The summed E-state index contributed by atoms with van der Waals surface area (Å²) in [5, 5.41) is 7.88. The predicted octanol–water partition coefficient (Wildman–Crippen LogP) is 3.26. The molecule has 0 spiro atoms. The molecule has 1 unspecified atom stereocenters. The summed E-state index contributed by atoms with van der Waals surface area (Å²) >= 11 is 0. The van der Waals surface area contributed by atoms with E-state index in [0.29, 0.717) is 35.8 Å². The lowest BCUT2D eigenvalue weighted by atomic mass is 10.1. The number of rotatable bonds is 4. The smallest absolute Gasteiger partial charge is 0.272 e. The summed E-state index contributed by atoms with van der Waals surface area (Å²) in [6, 6.07) is 11.8. The number of nitrogens with zero attached hydrogens (tertiary/aromatic N) is 5. The van der Waals surface area contributed by atoms with Crippen molar-refractivity contribution in [1.29, 1.82) is 0 Å². The molecule has 8 nitrogen and oxygen atoms in total. The molecule has 1 aliphatic rings. The Bertz CT molecular complexity index is 1270. The normalized spacial score (nSPS) is 16.3. The number of piperidine rings is 1. The Morgan fingerprint density at radius 2 is 2.12 bits per heavy atom. The minimum Gasteiger partial charge on any atom is -0.338 e. The van der Waals surface area contributed by atoms with Crippen LogP contribution in [-0.2, 0) is 0 Å². The maximum absolute atomic E-state index is 14.6. The largest absolute Gasteiger partial charge is 0.338 e. The zero-order chi connectivity index (χ0) is 22.1. The molecular weight excluding hydrogens is 409 g/mol. The summed E-state index contributed by atoms with van der Waals surface area (Å²) in [5.41, 5.74) is 7.86. The molecule has 1 amide bonds. The van der Waals surface area contributed by atoms with E-state index in [0.717, 1.165) is 18.2 Å². The van der Waals surface area contributed by atoms with E-state index in [1.807, 2.05) is 6.07 Å². The Balaban J connectivity index is 1.39. The molecule has 1 aromatic carbocycles.